The van der Waals surface area contributed by atoms with E-state index in [0.717, 1.165) is 16.5 Å². The third-order valence-electron chi connectivity index (χ3n) is 4.43. The number of carbonyl (C=O) groups is 1. The van der Waals surface area contributed by atoms with Gasteiger partial charge in [0.25, 0.3) is 0 Å². The Labute approximate surface area is 161 Å². The number of benzene rings is 3. The van der Waals surface area contributed by atoms with Crippen LogP contribution in [0.5, 0.6) is 5.75 Å². The fourth-order valence-corrected chi connectivity index (χ4v) is 3.12. The van der Waals surface area contributed by atoms with Gasteiger partial charge in [-0.2, -0.15) is 0 Å². The van der Waals surface area contributed by atoms with Crippen LogP contribution >= 0.6 is 0 Å². The molecule has 0 aliphatic carbocycles. The predicted molar refractivity (Wildman–Crippen MR) is 109 cm³/mol. The Balaban J connectivity index is 1.70. The zero-order valence-corrected chi connectivity index (χ0v) is 15.1. The van der Waals surface area contributed by atoms with Crippen molar-refractivity contribution in [1.29, 1.82) is 0 Å². The number of hydrogen-bond acceptors (Lipinski definition) is 2. The van der Waals surface area contributed by atoms with Crippen LogP contribution in [0.4, 0.5) is 20.6 Å². The molecule has 0 atom stereocenters. The van der Waals surface area contributed by atoms with Gasteiger partial charge >= 0.3 is 6.03 Å². The Hall–Kier alpha value is -3.80. The highest BCUT2D eigenvalue weighted by Crippen LogP contribution is 2.35. The van der Waals surface area contributed by atoms with Gasteiger partial charge in [0.15, 0.2) is 0 Å². The van der Waals surface area contributed by atoms with E-state index in [2.05, 4.69) is 15.6 Å². The zero-order valence-electron chi connectivity index (χ0n) is 15.1. The van der Waals surface area contributed by atoms with Gasteiger partial charge in [0.2, 0.25) is 0 Å². The molecule has 28 heavy (non-hydrogen) atoms. The van der Waals surface area contributed by atoms with E-state index in [0.29, 0.717) is 22.8 Å². The number of urea groups is 1. The number of methoxy groups -OCH3 is 1. The van der Waals surface area contributed by atoms with E-state index in [4.69, 9.17) is 4.74 Å². The molecule has 2 amide bonds. The normalized spacial score (nSPS) is 10.6. The Morgan fingerprint density at radius 3 is 2.43 bits per heavy atom. The Kier molecular flexibility index (Phi) is 4.68. The Morgan fingerprint density at radius 2 is 1.64 bits per heavy atom. The maximum Gasteiger partial charge on any atom is 0.323 e. The molecule has 0 aliphatic rings. The number of H-pyrrole nitrogens is 1. The van der Waals surface area contributed by atoms with Crippen LogP contribution < -0.4 is 15.4 Å². The fraction of sp³-hybridized carbons (Fsp3) is 0.0455. The molecular weight excluding hydrogens is 357 g/mol. The number of hydrogen-bond donors (Lipinski definition) is 3. The minimum Gasteiger partial charge on any atom is -0.495 e. The summed E-state index contributed by atoms with van der Waals surface area (Å²) in [6.07, 6.45) is 0. The molecule has 0 saturated carbocycles. The van der Waals surface area contributed by atoms with Crippen molar-refractivity contribution in [3.05, 3.63) is 78.6 Å². The standard InChI is InChI=1S/C22H18FN3O2/c1-28-19-9-5-4-8-18(19)25-22(27)26-21-16-6-2-3-7-17(16)24-20(21)14-10-12-15(23)13-11-14/h2-13,24H,1H3,(H2,25,26,27). The van der Waals surface area contributed by atoms with Crippen molar-refractivity contribution in [3.63, 3.8) is 0 Å². The summed E-state index contributed by atoms with van der Waals surface area (Å²) in [6.45, 7) is 0. The first-order valence-electron chi connectivity index (χ1n) is 8.73. The summed E-state index contributed by atoms with van der Waals surface area (Å²) in [7, 11) is 1.55. The van der Waals surface area contributed by atoms with Crippen LogP contribution in [0.3, 0.4) is 0 Å². The van der Waals surface area contributed by atoms with Crippen LogP contribution in [0.25, 0.3) is 22.2 Å². The quantitative estimate of drug-likeness (QED) is 0.433. The maximum absolute atomic E-state index is 13.3. The van der Waals surface area contributed by atoms with Crippen LogP contribution in [-0.2, 0) is 0 Å². The lowest BCUT2D eigenvalue weighted by Gasteiger charge is -2.12. The van der Waals surface area contributed by atoms with Crippen molar-refractivity contribution < 1.29 is 13.9 Å². The van der Waals surface area contributed by atoms with E-state index in [1.165, 1.54) is 12.1 Å². The van der Waals surface area contributed by atoms with Gasteiger partial charge < -0.3 is 20.4 Å². The second-order valence-corrected chi connectivity index (χ2v) is 6.21. The Bertz CT molecular complexity index is 1140. The molecule has 0 aliphatic heterocycles. The number of fused-ring (bicyclic) bond motifs is 1. The minimum atomic E-state index is -0.405. The molecule has 6 heteroatoms. The number of ether oxygens (including phenoxy) is 1. The molecule has 0 saturated heterocycles. The number of aromatic nitrogens is 1. The van der Waals surface area contributed by atoms with Crippen molar-refractivity contribution in [3.8, 4) is 17.0 Å². The molecule has 4 aromatic rings. The summed E-state index contributed by atoms with van der Waals surface area (Å²) in [5, 5.41) is 6.58. The summed E-state index contributed by atoms with van der Waals surface area (Å²) >= 11 is 0. The molecule has 4 rings (SSSR count). The van der Waals surface area contributed by atoms with E-state index < -0.39 is 6.03 Å². The molecule has 0 unspecified atom stereocenters. The fourth-order valence-electron chi connectivity index (χ4n) is 3.12. The summed E-state index contributed by atoms with van der Waals surface area (Å²) in [4.78, 5) is 16.0. The van der Waals surface area contributed by atoms with Gasteiger partial charge in [-0.1, -0.05) is 30.3 Å². The third kappa shape index (κ3) is 3.40. The van der Waals surface area contributed by atoms with Crippen molar-refractivity contribution in [2.45, 2.75) is 0 Å². The average molecular weight is 375 g/mol. The number of carbonyl (C=O) groups excluding carboxylic acids is 1. The first-order chi connectivity index (χ1) is 13.7. The lowest BCUT2D eigenvalue weighted by atomic mass is 10.1. The molecular formula is C22H18FN3O2. The van der Waals surface area contributed by atoms with E-state index >= 15 is 0 Å². The number of para-hydroxylation sites is 3. The minimum absolute atomic E-state index is 0.316. The lowest BCUT2D eigenvalue weighted by molar-refractivity contribution is 0.262. The largest absolute Gasteiger partial charge is 0.495 e. The summed E-state index contributed by atoms with van der Waals surface area (Å²) in [5.41, 5.74) is 3.52. The van der Waals surface area contributed by atoms with Crippen LogP contribution in [0, 0.1) is 5.82 Å². The highest BCUT2D eigenvalue weighted by Gasteiger charge is 2.16. The number of nitrogens with one attached hydrogen (secondary N) is 3. The van der Waals surface area contributed by atoms with Gasteiger partial charge in [0.05, 0.1) is 24.2 Å². The van der Waals surface area contributed by atoms with Crippen LogP contribution in [0.2, 0.25) is 0 Å². The van der Waals surface area contributed by atoms with Gasteiger partial charge in [0, 0.05) is 16.5 Å². The Morgan fingerprint density at radius 1 is 0.929 bits per heavy atom. The molecule has 0 bridgehead atoms. The summed E-state index contributed by atoms with van der Waals surface area (Å²) in [6, 6.07) is 20.5. The number of rotatable bonds is 4. The van der Waals surface area contributed by atoms with E-state index in [9.17, 15) is 9.18 Å². The number of aromatic amines is 1. The molecule has 1 heterocycles. The van der Waals surface area contributed by atoms with Crippen molar-refractivity contribution in [2.75, 3.05) is 17.7 Å². The van der Waals surface area contributed by atoms with Gasteiger partial charge in [-0.15, -0.1) is 0 Å². The predicted octanol–water partition coefficient (Wildman–Crippen LogP) is 5.63. The van der Waals surface area contributed by atoms with Crippen molar-refractivity contribution >= 4 is 28.3 Å². The van der Waals surface area contributed by atoms with Crippen molar-refractivity contribution in [1.82, 2.24) is 4.98 Å². The molecule has 3 N–H and O–H groups in total. The highest BCUT2D eigenvalue weighted by molar-refractivity contribution is 6.10. The van der Waals surface area contributed by atoms with E-state index in [1.807, 2.05) is 36.4 Å². The third-order valence-corrected chi connectivity index (χ3v) is 4.43. The van der Waals surface area contributed by atoms with Crippen molar-refractivity contribution in [2.24, 2.45) is 0 Å². The maximum atomic E-state index is 13.3. The van der Waals surface area contributed by atoms with Crippen LogP contribution in [0.1, 0.15) is 0 Å². The molecule has 3 aromatic carbocycles. The number of amides is 2. The summed E-state index contributed by atoms with van der Waals surface area (Å²) < 4.78 is 18.6. The van der Waals surface area contributed by atoms with Gasteiger partial charge in [-0.3, -0.25) is 0 Å². The topological polar surface area (TPSA) is 66.2 Å². The smallest absolute Gasteiger partial charge is 0.323 e. The second kappa shape index (κ2) is 7.44. The second-order valence-electron chi connectivity index (χ2n) is 6.21. The molecule has 0 fully saturated rings. The lowest BCUT2D eigenvalue weighted by Crippen LogP contribution is -2.20. The average Bonchev–Trinajstić information content (AvgIpc) is 3.07. The van der Waals surface area contributed by atoms with Gasteiger partial charge in [-0.05, 0) is 42.5 Å². The highest BCUT2D eigenvalue weighted by atomic mass is 19.1. The first-order valence-corrected chi connectivity index (χ1v) is 8.73. The number of anilines is 2. The molecule has 0 radical (unpaired) electrons. The zero-order chi connectivity index (χ0) is 19.5. The van der Waals surface area contributed by atoms with E-state index in [1.54, 1.807) is 31.4 Å². The van der Waals surface area contributed by atoms with Gasteiger partial charge in [-0.25, -0.2) is 9.18 Å². The molecule has 140 valence electrons. The van der Waals surface area contributed by atoms with E-state index in [-0.39, 0.29) is 5.82 Å². The number of halogens is 1. The molecule has 5 nitrogen and oxygen atoms in total. The van der Waals surface area contributed by atoms with Crippen LogP contribution in [-0.4, -0.2) is 18.1 Å². The van der Waals surface area contributed by atoms with Crippen LogP contribution in [0.15, 0.2) is 72.8 Å². The first kappa shape index (κ1) is 17.6. The molecule has 0 spiro atoms. The molecule has 1 aromatic heterocycles. The SMILES string of the molecule is COc1ccccc1NC(=O)Nc1c(-c2ccc(F)cc2)[nH]c2ccccc12. The van der Waals surface area contributed by atoms with Gasteiger partial charge in [0.1, 0.15) is 11.6 Å². The monoisotopic (exact) mass is 375 g/mol. The summed E-state index contributed by atoms with van der Waals surface area (Å²) in [5.74, 6) is 0.249.